The molecule has 0 bridgehead atoms. The molecule has 0 heterocycles. The quantitative estimate of drug-likeness (QED) is 0.593. The highest BCUT2D eigenvalue weighted by Crippen LogP contribution is 2.28. The number of carboxylic acids is 1. The van der Waals surface area contributed by atoms with E-state index in [1.807, 2.05) is 0 Å². The number of aliphatic carboxylic acids is 1. The van der Waals surface area contributed by atoms with Gasteiger partial charge in [0.2, 0.25) is 5.91 Å². The topological polar surface area (TPSA) is 102 Å². The third-order valence-electron chi connectivity index (χ3n) is 2.60. The molecule has 1 aromatic rings. The average Bonchev–Trinajstić information content (AvgIpc) is 2.37. The standard InChI is InChI=1S/C14H17NO6/c1-8(16)15-11(14(18)19)6-10-4-5-12(20-3)13(7-10)21-9(2)17/h4-5,7,11H,6H2,1-3H3,(H,15,16)(H,18,19)/t11-/m0/s1. The van der Waals surface area contributed by atoms with Gasteiger partial charge in [0.05, 0.1) is 7.11 Å². The SMILES string of the molecule is COc1ccc(C[C@H](NC(C)=O)C(=O)O)cc1OC(C)=O. The van der Waals surface area contributed by atoms with Gasteiger partial charge in [-0.25, -0.2) is 4.79 Å². The Hall–Kier alpha value is -2.57. The summed E-state index contributed by atoms with van der Waals surface area (Å²) in [7, 11) is 1.43. The Kier molecular flexibility index (Phi) is 5.71. The number of carbonyl (C=O) groups excluding carboxylic acids is 2. The number of methoxy groups -OCH3 is 1. The molecule has 114 valence electrons. The number of amides is 1. The van der Waals surface area contributed by atoms with Crippen LogP contribution < -0.4 is 14.8 Å². The van der Waals surface area contributed by atoms with E-state index in [0.717, 1.165) is 0 Å². The van der Waals surface area contributed by atoms with E-state index in [9.17, 15) is 14.4 Å². The summed E-state index contributed by atoms with van der Waals surface area (Å²) in [5.74, 6) is -1.52. The molecule has 7 nitrogen and oxygen atoms in total. The van der Waals surface area contributed by atoms with Crippen molar-refractivity contribution in [1.29, 1.82) is 0 Å². The third kappa shape index (κ3) is 5.13. The number of nitrogens with one attached hydrogen (secondary N) is 1. The second-order valence-corrected chi connectivity index (χ2v) is 4.37. The molecular formula is C14H17NO6. The minimum absolute atomic E-state index is 0.0627. The largest absolute Gasteiger partial charge is 0.493 e. The van der Waals surface area contributed by atoms with Gasteiger partial charge in [-0.05, 0) is 17.7 Å². The number of hydrogen-bond donors (Lipinski definition) is 2. The lowest BCUT2D eigenvalue weighted by atomic mass is 10.1. The van der Waals surface area contributed by atoms with Gasteiger partial charge in [-0.2, -0.15) is 0 Å². The Bertz CT molecular complexity index is 554. The predicted octanol–water partition coefficient (Wildman–Crippen LogP) is 0.752. The number of rotatable bonds is 6. The van der Waals surface area contributed by atoms with Crippen LogP contribution in [0.2, 0.25) is 0 Å². The van der Waals surface area contributed by atoms with Gasteiger partial charge in [0.1, 0.15) is 6.04 Å². The highest BCUT2D eigenvalue weighted by molar-refractivity contribution is 5.82. The van der Waals surface area contributed by atoms with Gasteiger partial charge >= 0.3 is 11.9 Å². The van der Waals surface area contributed by atoms with E-state index < -0.39 is 23.9 Å². The molecule has 1 rings (SSSR count). The maximum atomic E-state index is 11.1. The van der Waals surface area contributed by atoms with Crippen molar-refractivity contribution in [2.45, 2.75) is 26.3 Å². The van der Waals surface area contributed by atoms with E-state index in [4.69, 9.17) is 14.6 Å². The Balaban J connectivity index is 2.99. The van der Waals surface area contributed by atoms with Crippen LogP contribution in [0.3, 0.4) is 0 Å². The third-order valence-corrected chi connectivity index (χ3v) is 2.60. The fraction of sp³-hybridized carbons (Fsp3) is 0.357. The molecule has 1 amide bonds. The number of esters is 1. The molecule has 2 N–H and O–H groups in total. The van der Waals surface area contributed by atoms with E-state index >= 15 is 0 Å². The van der Waals surface area contributed by atoms with Gasteiger partial charge in [-0.1, -0.05) is 6.07 Å². The molecule has 0 aliphatic rings. The van der Waals surface area contributed by atoms with Crippen molar-refractivity contribution in [3.8, 4) is 11.5 Å². The van der Waals surface area contributed by atoms with Crippen LogP contribution in [0.25, 0.3) is 0 Å². The first-order valence-corrected chi connectivity index (χ1v) is 6.18. The van der Waals surface area contributed by atoms with E-state index in [1.54, 1.807) is 12.1 Å². The summed E-state index contributed by atoms with van der Waals surface area (Å²) in [6.45, 7) is 2.50. The molecule has 0 unspecified atom stereocenters. The Morgan fingerprint density at radius 2 is 1.90 bits per heavy atom. The van der Waals surface area contributed by atoms with Crippen molar-refractivity contribution in [2.75, 3.05) is 7.11 Å². The van der Waals surface area contributed by atoms with Gasteiger partial charge in [0.15, 0.2) is 11.5 Å². The first kappa shape index (κ1) is 16.5. The monoisotopic (exact) mass is 295 g/mol. The van der Waals surface area contributed by atoms with Gasteiger partial charge in [0.25, 0.3) is 0 Å². The van der Waals surface area contributed by atoms with Crippen molar-refractivity contribution >= 4 is 17.8 Å². The van der Waals surface area contributed by atoms with Crippen molar-refractivity contribution in [2.24, 2.45) is 0 Å². The maximum absolute atomic E-state index is 11.1. The lowest BCUT2D eigenvalue weighted by Gasteiger charge is -2.15. The first-order valence-electron chi connectivity index (χ1n) is 6.18. The molecular weight excluding hydrogens is 278 g/mol. The summed E-state index contributed by atoms with van der Waals surface area (Å²) in [5, 5.41) is 11.4. The van der Waals surface area contributed by atoms with Gasteiger partial charge in [-0.15, -0.1) is 0 Å². The van der Waals surface area contributed by atoms with Crippen LogP contribution in [0.5, 0.6) is 11.5 Å². The fourth-order valence-electron chi connectivity index (χ4n) is 1.76. The minimum Gasteiger partial charge on any atom is -0.493 e. The highest BCUT2D eigenvalue weighted by atomic mass is 16.6. The van der Waals surface area contributed by atoms with Crippen LogP contribution in [0, 0.1) is 0 Å². The van der Waals surface area contributed by atoms with Crippen LogP contribution in [-0.4, -0.2) is 36.1 Å². The highest BCUT2D eigenvalue weighted by Gasteiger charge is 2.20. The van der Waals surface area contributed by atoms with Crippen LogP contribution in [-0.2, 0) is 20.8 Å². The zero-order valence-corrected chi connectivity index (χ0v) is 12.0. The minimum atomic E-state index is -1.14. The number of carbonyl (C=O) groups is 3. The maximum Gasteiger partial charge on any atom is 0.326 e. The molecule has 0 radical (unpaired) electrons. The molecule has 0 spiro atoms. The van der Waals surface area contributed by atoms with Crippen LogP contribution in [0.15, 0.2) is 18.2 Å². The van der Waals surface area contributed by atoms with E-state index in [2.05, 4.69) is 5.32 Å². The molecule has 1 aromatic carbocycles. The molecule has 7 heteroatoms. The zero-order chi connectivity index (χ0) is 16.0. The predicted molar refractivity (Wildman–Crippen MR) is 73.2 cm³/mol. The number of ether oxygens (including phenoxy) is 2. The van der Waals surface area contributed by atoms with Crippen LogP contribution in [0.1, 0.15) is 19.4 Å². The number of carboxylic acid groups (broad SMARTS) is 1. The van der Waals surface area contributed by atoms with Crippen molar-refractivity contribution < 1.29 is 29.0 Å². The summed E-state index contributed by atoms with van der Waals surface area (Å²) in [6.07, 6.45) is 0.0627. The fourth-order valence-corrected chi connectivity index (χ4v) is 1.76. The number of hydrogen-bond acceptors (Lipinski definition) is 5. The number of benzene rings is 1. The van der Waals surface area contributed by atoms with Crippen molar-refractivity contribution in [3.63, 3.8) is 0 Å². The molecule has 0 saturated heterocycles. The van der Waals surface area contributed by atoms with Gasteiger partial charge in [-0.3, -0.25) is 9.59 Å². The lowest BCUT2D eigenvalue weighted by molar-refractivity contribution is -0.141. The molecule has 0 aliphatic heterocycles. The normalized spacial score (nSPS) is 11.4. The molecule has 0 aromatic heterocycles. The summed E-state index contributed by atoms with van der Waals surface area (Å²) in [5.41, 5.74) is 0.591. The smallest absolute Gasteiger partial charge is 0.326 e. The first-order chi connectivity index (χ1) is 9.83. The Labute approximate surface area is 121 Å². The molecule has 0 fully saturated rings. The summed E-state index contributed by atoms with van der Waals surface area (Å²) in [6, 6.07) is 3.67. The van der Waals surface area contributed by atoms with E-state index in [-0.39, 0.29) is 12.2 Å². The summed E-state index contributed by atoms with van der Waals surface area (Å²) < 4.78 is 10.1. The molecule has 0 saturated carbocycles. The van der Waals surface area contributed by atoms with E-state index in [1.165, 1.54) is 27.0 Å². The second kappa shape index (κ2) is 7.28. The molecule has 1 atom stereocenters. The lowest BCUT2D eigenvalue weighted by Crippen LogP contribution is -2.41. The molecule has 21 heavy (non-hydrogen) atoms. The molecule has 0 aliphatic carbocycles. The summed E-state index contributed by atoms with van der Waals surface area (Å²) >= 11 is 0. The van der Waals surface area contributed by atoms with Crippen LogP contribution in [0.4, 0.5) is 0 Å². The second-order valence-electron chi connectivity index (χ2n) is 4.37. The van der Waals surface area contributed by atoms with Gasteiger partial charge in [0, 0.05) is 20.3 Å². The Morgan fingerprint density at radius 1 is 1.24 bits per heavy atom. The van der Waals surface area contributed by atoms with Crippen molar-refractivity contribution in [1.82, 2.24) is 5.32 Å². The average molecular weight is 295 g/mol. The van der Waals surface area contributed by atoms with Crippen LogP contribution >= 0.6 is 0 Å². The zero-order valence-electron chi connectivity index (χ0n) is 12.0. The summed E-state index contributed by atoms with van der Waals surface area (Å²) in [4.78, 5) is 33.1. The van der Waals surface area contributed by atoms with Gasteiger partial charge < -0.3 is 19.9 Å². The van der Waals surface area contributed by atoms with Crippen molar-refractivity contribution in [3.05, 3.63) is 23.8 Å². The van der Waals surface area contributed by atoms with E-state index in [0.29, 0.717) is 11.3 Å². The Morgan fingerprint density at radius 3 is 2.38 bits per heavy atom.